The van der Waals surface area contributed by atoms with E-state index in [4.69, 9.17) is 4.74 Å². The van der Waals surface area contributed by atoms with Gasteiger partial charge in [-0.1, -0.05) is 6.92 Å². The van der Waals surface area contributed by atoms with Crippen LogP contribution < -0.4 is 16.6 Å². The Labute approximate surface area is 137 Å². The number of aromatic amines is 1. The lowest BCUT2D eigenvalue weighted by molar-refractivity contribution is 0.0945. The van der Waals surface area contributed by atoms with E-state index in [2.05, 4.69) is 15.3 Å². The van der Waals surface area contributed by atoms with Gasteiger partial charge >= 0.3 is 5.69 Å². The molecule has 1 fully saturated rings. The Morgan fingerprint density at radius 1 is 1.50 bits per heavy atom. The highest BCUT2D eigenvalue weighted by Crippen LogP contribution is 2.12. The summed E-state index contributed by atoms with van der Waals surface area (Å²) in [6.45, 7) is 4.29. The van der Waals surface area contributed by atoms with Crippen molar-refractivity contribution in [1.29, 1.82) is 0 Å². The van der Waals surface area contributed by atoms with Crippen LogP contribution in [0.1, 0.15) is 30.1 Å². The molecule has 1 saturated heterocycles. The third-order valence-electron chi connectivity index (χ3n) is 4.12. The Morgan fingerprint density at radius 2 is 2.33 bits per heavy atom. The number of amides is 1. The first kappa shape index (κ1) is 16.4. The molecule has 128 valence electrons. The van der Waals surface area contributed by atoms with Crippen molar-refractivity contribution in [3.8, 4) is 0 Å². The van der Waals surface area contributed by atoms with Gasteiger partial charge in [-0.15, -0.1) is 0 Å². The molecule has 0 radical (unpaired) electrons. The molecule has 1 unspecified atom stereocenters. The van der Waals surface area contributed by atoms with E-state index in [0.717, 1.165) is 19.4 Å². The van der Waals surface area contributed by atoms with Crippen LogP contribution in [0.4, 0.5) is 0 Å². The number of aromatic nitrogens is 3. The maximum Gasteiger partial charge on any atom is 0.329 e. The number of hydrogen-bond acceptors (Lipinski definition) is 5. The number of nitrogens with one attached hydrogen (secondary N) is 2. The fraction of sp³-hybridized carbons (Fsp3) is 0.500. The summed E-state index contributed by atoms with van der Waals surface area (Å²) in [6.07, 6.45) is 3.06. The lowest BCUT2D eigenvalue weighted by Crippen LogP contribution is -2.32. The summed E-state index contributed by atoms with van der Waals surface area (Å²) in [6, 6.07) is 1.48. The molecular weight excluding hydrogens is 312 g/mol. The van der Waals surface area contributed by atoms with E-state index >= 15 is 0 Å². The molecule has 8 nitrogen and oxygen atoms in total. The maximum atomic E-state index is 12.3. The fourth-order valence-corrected chi connectivity index (χ4v) is 2.81. The summed E-state index contributed by atoms with van der Waals surface area (Å²) >= 11 is 0. The van der Waals surface area contributed by atoms with Gasteiger partial charge in [0, 0.05) is 31.8 Å². The van der Waals surface area contributed by atoms with Gasteiger partial charge in [-0.2, -0.15) is 0 Å². The summed E-state index contributed by atoms with van der Waals surface area (Å²) in [4.78, 5) is 42.6. The highest BCUT2D eigenvalue weighted by atomic mass is 16.5. The minimum Gasteiger partial charge on any atom is -0.381 e. The predicted molar refractivity (Wildman–Crippen MR) is 88.2 cm³/mol. The molecular formula is C16H20N4O4. The Hall–Kier alpha value is -2.48. The molecule has 0 aromatic carbocycles. The number of fused-ring (bicyclic) bond motifs is 1. The van der Waals surface area contributed by atoms with Gasteiger partial charge in [0.25, 0.3) is 11.5 Å². The zero-order chi connectivity index (χ0) is 17.1. The topological polar surface area (TPSA) is 106 Å². The first-order valence-electron chi connectivity index (χ1n) is 8.09. The second-order valence-corrected chi connectivity index (χ2v) is 5.95. The van der Waals surface area contributed by atoms with Crippen molar-refractivity contribution in [2.24, 2.45) is 5.92 Å². The van der Waals surface area contributed by atoms with Crippen molar-refractivity contribution in [3.05, 3.63) is 38.7 Å². The summed E-state index contributed by atoms with van der Waals surface area (Å²) in [7, 11) is 0. The summed E-state index contributed by atoms with van der Waals surface area (Å²) in [5.74, 6) is 0.0319. The molecule has 8 heteroatoms. The number of carbonyl (C=O) groups is 1. The second kappa shape index (κ2) is 6.96. The molecule has 1 aliphatic heterocycles. The fourth-order valence-electron chi connectivity index (χ4n) is 2.81. The Morgan fingerprint density at radius 3 is 3.04 bits per heavy atom. The van der Waals surface area contributed by atoms with E-state index in [1.54, 1.807) is 0 Å². The summed E-state index contributed by atoms with van der Waals surface area (Å²) in [5, 5.41) is 3.07. The molecule has 2 aromatic rings. The highest BCUT2D eigenvalue weighted by Gasteiger charge is 2.18. The standard InChI is InChI=1S/C16H20N4O4/c1-2-4-20-13-12(15(22)19-16(20)23)6-11(8-17-13)14(21)18-7-10-3-5-24-9-10/h6,8,10H,2-5,7,9H2,1H3,(H,18,21)(H,19,22,23). The minimum atomic E-state index is -0.534. The van der Waals surface area contributed by atoms with Gasteiger partial charge in [-0.3, -0.25) is 19.1 Å². The number of hydrogen-bond donors (Lipinski definition) is 2. The van der Waals surface area contributed by atoms with E-state index in [-0.39, 0.29) is 11.3 Å². The normalized spacial score (nSPS) is 17.3. The van der Waals surface area contributed by atoms with Gasteiger partial charge in [-0.25, -0.2) is 9.78 Å². The number of carbonyl (C=O) groups excluding carboxylic acids is 1. The highest BCUT2D eigenvalue weighted by molar-refractivity contribution is 5.96. The first-order chi connectivity index (χ1) is 11.6. The van der Waals surface area contributed by atoms with Crippen LogP contribution in [-0.2, 0) is 11.3 Å². The average Bonchev–Trinajstić information content (AvgIpc) is 3.09. The summed E-state index contributed by atoms with van der Waals surface area (Å²) in [5.41, 5.74) is -0.422. The minimum absolute atomic E-state index is 0.236. The molecule has 0 bridgehead atoms. The van der Waals surface area contributed by atoms with Crippen molar-refractivity contribution in [3.63, 3.8) is 0 Å². The molecule has 0 aliphatic carbocycles. The number of H-pyrrole nitrogens is 1. The van der Waals surface area contributed by atoms with E-state index in [0.29, 0.717) is 36.8 Å². The van der Waals surface area contributed by atoms with Crippen molar-refractivity contribution >= 4 is 16.9 Å². The third-order valence-corrected chi connectivity index (χ3v) is 4.12. The number of rotatable bonds is 5. The molecule has 3 heterocycles. The van der Waals surface area contributed by atoms with Crippen LogP contribution in [0.15, 0.2) is 21.9 Å². The van der Waals surface area contributed by atoms with Crippen LogP contribution in [0.2, 0.25) is 0 Å². The van der Waals surface area contributed by atoms with Crippen molar-refractivity contribution in [1.82, 2.24) is 19.9 Å². The molecule has 1 amide bonds. The molecule has 2 aromatic heterocycles. The third kappa shape index (κ3) is 3.23. The molecule has 0 spiro atoms. The Balaban J connectivity index is 1.89. The molecule has 2 N–H and O–H groups in total. The zero-order valence-corrected chi connectivity index (χ0v) is 13.5. The van der Waals surface area contributed by atoms with E-state index < -0.39 is 11.2 Å². The van der Waals surface area contributed by atoms with Gasteiger partial charge in [0.15, 0.2) is 0 Å². The molecule has 3 rings (SSSR count). The number of pyridine rings is 1. The van der Waals surface area contributed by atoms with Crippen molar-refractivity contribution < 1.29 is 9.53 Å². The lowest BCUT2D eigenvalue weighted by atomic mass is 10.1. The van der Waals surface area contributed by atoms with Crippen LogP contribution >= 0.6 is 0 Å². The van der Waals surface area contributed by atoms with Crippen LogP contribution in [-0.4, -0.2) is 40.2 Å². The van der Waals surface area contributed by atoms with Crippen molar-refractivity contribution in [2.75, 3.05) is 19.8 Å². The smallest absolute Gasteiger partial charge is 0.329 e. The second-order valence-electron chi connectivity index (χ2n) is 5.95. The number of nitrogens with zero attached hydrogens (tertiary/aromatic N) is 2. The van der Waals surface area contributed by atoms with Crippen LogP contribution in [0.5, 0.6) is 0 Å². The molecule has 1 atom stereocenters. The maximum absolute atomic E-state index is 12.3. The Kier molecular flexibility index (Phi) is 4.75. The van der Waals surface area contributed by atoms with E-state index in [9.17, 15) is 14.4 Å². The zero-order valence-electron chi connectivity index (χ0n) is 13.5. The average molecular weight is 332 g/mol. The van der Waals surface area contributed by atoms with E-state index in [1.807, 2.05) is 6.92 Å². The van der Waals surface area contributed by atoms with Gasteiger partial charge in [-0.05, 0) is 18.9 Å². The molecule has 0 saturated carbocycles. The monoisotopic (exact) mass is 332 g/mol. The quantitative estimate of drug-likeness (QED) is 0.817. The van der Waals surface area contributed by atoms with Gasteiger partial charge < -0.3 is 10.1 Å². The summed E-state index contributed by atoms with van der Waals surface area (Å²) < 4.78 is 6.69. The molecule has 24 heavy (non-hydrogen) atoms. The molecule has 1 aliphatic rings. The lowest BCUT2D eigenvalue weighted by Gasteiger charge is -2.11. The van der Waals surface area contributed by atoms with Gasteiger partial charge in [0.1, 0.15) is 5.65 Å². The Bertz CT molecular complexity index is 864. The van der Waals surface area contributed by atoms with Gasteiger partial charge in [0.2, 0.25) is 0 Å². The number of aryl methyl sites for hydroxylation is 1. The van der Waals surface area contributed by atoms with Gasteiger partial charge in [0.05, 0.1) is 17.6 Å². The van der Waals surface area contributed by atoms with Crippen LogP contribution in [0.25, 0.3) is 11.0 Å². The predicted octanol–water partition coefficient (Wildman–Crippen LogP) is 0.261. The van der Waals surface area contributed by atoms with Crippen LogP contribution in [0, 0.1) is 5.92 Å². The SMILES string of the molecule is CCCn1c(=O)[nH]c(=O)c2cc(C(=O)NCC3CCOC3)cnc21. The number of ether oxygens (including phenoxy) is 1. The van der Waals surface area contributed by atoms with Crippen LogP contribution in [0.3, 0.4) is 0 Å². The first-order valence-corrected chi connectivity index (χ1v) is 8.09. The van der Waals surface area contributed by atoms with E-state index in [1.165, 1.54) is 16.8 Å². The van der Waals surface area contributed by atoms with Crippen molar-refractivity contribution in [2.45, 2.75) is 26.3 Å². The largest absolute Gasteiger partial charge is 0.381 e.